The minimum absolute atomic E-state index is 0.0900. The van der Waals surface area contributed by atoms with Crippen molar-refractivity contribution in [1.29, 1.82) is 0 Å². The Bertz CT molecular complexity index is 1650. The van der Waals surface area contributed by atoms with E-state index >= 15 is 0 Å². The third-order valence-corrected chi connectivity index (χ3v) is 11.3. The monoisotopic (exact) mass is 798 g/mol. The zero-order valence-electron chi connectivity index (χ0n) is 33.3. The molecule has 2 heterocycles. The summed E-state index contributed by atoms with van der Waals surface area (Å²) in [4.78, 5) is 24.0. The van der Waals surface area contributed by atoms with E-state index in [-0.39, 0.29) is 23.6 Å². The van der Waals surface area contributed by atoms with Crippen molar-refractivity contribution in [2.75, 3.05) is 26.2 Å². The van der Waals surface area contributed by atoms with E-state index in [9.17, 15) is 40.2 Å². The molecule has 2 aliphatic heterocycles. The number of likely N-dealkylation sites (tertiary alicyclic amines) is 2. The molecule has 0 aliphatic carbocycles. The van der Waals surface area contributed by atoms with Crippen molar-refractivity contribution in [1.82, 2.24) is 9.80 Å². The van der Waals surface area contributed by atoms with Crippen LogP contribution < -0.4 is 10.2 Å². The Kier molecular flexibility index (Phi) is 18.1. The maximum atomic E-state index is 10.6. The smallest absolute Gasteiger partial charge is 0.124 e. The quantitative estimate of drug-likeness (QED) is 0.116. The van der Waals surface area contributed by atoms with Gasteiger partial charge >= 0.3 is 0 Å². The summed E-state index contributed by atoms with van der Waals surface area (Å²) in [6, 6.07) is 35.4. The van der Waals surface area contributed by atoms with Gasteiger partial charge in [-0.3, -0.25) is 9.80 Å². The van der Waals surface area contributed by atoms with E-state index in [0.717, 1.165) is 62.0 Å². The van der Waals surface area contributed by atoms with E-state index < -0.39 is 36.4 Å². The molecular formula is C46H58N2O10-2. The molecule has 314 valence electrons. The summed E-state index contributed by atoms with van der Waals surface area (Å²) in [6.07, 6.45) is 1.13. The number of carbonyl (C=O) groups excluding carboxylic acids is 2. The minimum atomic E-state index is -2.44. The number of carboxylic acid groups (broad SMARTS) is 2. The Morgan fingerprint density at radius 3 is 1.10 bits per heavy atom. The molecule has 4 aromatic carbocycles. The molecule has 0 aromatic heterocycles. The van der Waals surface area contributed by atoms with E-state index in [1.54, 1.807) is 48.5 Å². The molecule has 6 rings (SSSR count). The minimum Gasteiger partial charge on any atom is -0.547 e. The number of benzene rings is 4. The van der Waals surface area contributed by atoms with Crippen molar-refractivity contribution in [2.24, 2.45) is 11.8 Å². The van der Waals surface area contributed by atoms with Gasteiger partial charge in [0, 0.05) is 12.1 Å². The van der Waals surface area contributed by atoms with Crippen molar-refractivity contribution in [3.8, 4) is 11.5 Å². The third kappa shape index (κ3) is 14.2. The van der Waals surface area contributed by atoms with E-state index in [2.05, 4.69) is 84.3 Å². The van der Waals surface area contributed by atoms with Gasteiger partial charge in [-0.1, -0.05) is 84.9 Å². The number of aliphatic hydroxyl groups is 4. The standard InChI is InChI=1S/2C21H27NO2.C4H6O6/c2*1-16(21(24)19-7-9-20(23)10-8-19)22-13-11-18(12-14-22)15-17-5-3-2-4-6-17;5-1(3(7)8)2(6)4(9)10/h2*2-10,16,18,21,23-24H,11-15H2,1H3;1-2,5-6H,(H,7,8)(H,9,10)/p-2/t;;1-,2-/m..1/s1. The van der Waals surface area contributed by atoms with Crippen LogP contribution in [0.2, 0.25) is 0 Å². The van der Waals surface area contributed by atoms with E-state index in [0.29, 0.717) is 0 Å². The van der Waals surface area contributed by atoms with Crippen molar-refractivity contribution < 1.29 is 50.4 Å². The van der Waals surface area contributed by atoms with Gasteiger partial charge in [0.15, 0.2) is 0 Å². The summed E-state index contributed by atoms with van der Waals surface area (Å²) in [5, 5.41) is 75.7. The van der Waals surface area contributed by atoms with Crippen LogP contribution in [0.1, 0.15) is 74.0 Å². The van der Waals surface area contributed by atoms with Crippen LogP contribution >= 0.6 is 0 Å². The maximum Gasteiger partial charge on any atom is 0.124 e. The largest absolute Gasteiger partial charge is 0.547 e. The summed E-state index contributed by atoms with van der Waals surface area (Å²) in [5.41, 5.74) is 4.58. The molecule has 0 amide bonds. The second-order valence-corrected chi connectivity index (χ2v) is 15.4. The molecule has 12 heteroatoms. The Morgan fingerprint density at radius 1 is 0.534 bits per heavy atom. The van der Waals surface area contributed by atoms with Crippen LogP contribution in [0.25, 0.3) is 0 Å². The number of aliphatic carboxylic acids is 2. The van der Waals surface area contributed by atoms with Crippen LogP contribution in [0.15, 0.2) is 109 Å². The van der Waals surface area contributed by atoms with Gasteiger partial charge in [0.05, 0.1) is 24.1 Å². The van der Waals surface area contributed by atoms with Gasteiger partial charge < -0.3 is 50.4 Å². The van der Waals surface area contributed by atoms with Gasteiger partial charge in [0.25, 0.3) is 0 Å². The second kappa shape index (κ2) is 22.9. The van der Waals surface area contributed by atoms with Gasteiger partial charge in [0.1, 0.15) is 23.7 Å². The molecule has 0 saturated carbocycles. The number of rotatable bonds is 13. The van der Waals surface area contributed by atoms with Crippen LogP contribution in [-0.2, 0) is 22.4 Å². The number of carboxylic acids is 2. The number of hydrogen-bond acceptors (Lipinski definition) is 12. The average molecular weight is 799 g/mol. The molecule has 0 bridgehead atoms. The van der Waals surface area contributed by atoms with Crippen LogP contribution in [0.5, 0.6) is 11.5 Å². The lowest BCUT2D eigenvalue weighted by atomic mass is 9.89. The van der Waals surface area contributed by atoms with Gasteiger partial charge in [-0.2, -0.15) is 0 Å². The highest BCUT2D eigenvalue weighted by molar-refractivity contribution is 5.80. The lowest BCUT2D eigenvalue weighted by Gasteiger charge is -2.38. The van der Waals surface area contributed by atoms with Crippen molar-refractivity contribution in [3.05, 3.63) is 131 Å². The van der Waals surface area contributed by atoms with Gasteiger partial charge in [-0.25, -0.2) is 0 Å². The number of phenolic OH excluding ortho intramolecular Hbond substituents is 2. The molecular weight excluding hydrogens is 741 g/mol. The average Bonchev–Trinajstić information content (AvgIpc) is 3.24. The molecule has 2 fully saturated rings. The third-order valence-electron chi connectivity index (χ3n) is 11.3. The van der Waals surface area contributed by atoms with Gasteiger partial charge in [-0.15, -0.1) is 0 Å². The zero-order chi connectivity index (χ0) is 42.2. The molecule has 0 radical (unpaired) electrons. The molecule has 12 nitrogen and oxygen atoms in total. The van der Waals surface area contributed by atoms with E-state index in [4.69, 9.17) is 10.2 Å². The summed E-state index contributed by atoms with van der Waals surface area (Å²) in [5.74, 6) is -2.17. The number of nitrogens with zero attached hydrogens (tertiary/aromatic N) is 2. The highest BCUT2D eigenvalue weighted by Crippen LogP contribution is 2.30. The maximum absolute atomic E-state index is 10.6. The number of hydrogen-bond donors (Lipinski definition) is 6. The highest BCUT2D eigenvalue weighted by Gasteiger charge is 2.29. The normalized spacial score (nSPS) is 18.5. The fraction of sp³-hybridized carbons (Fsp3) is 0.435. The molecule has 6 N–H and O–H groups in total. The molecule has 58 heavy (non-hydrogen) atoms. The number of aromatic hydroxyl groups is 2. The lowest BCUT2D eigenvalue weighted by molar-refractivity contribution is -0.333. The Hall–Kier alpha value is -4.82. The molecule has 6 atom stereocenters. The molecule has 0 spiro atoms. The Morgan fingerprint density at radius 2 is 0.828 bits per heavy atom. The Balaban J connectivity index is 0.000000209. The first-order chi connectivity index (χ1) is 27.7. The zero-order valence-corrected chi connectivity index (χ0v) is 33.3. The van der Waals surface area contributed by atoms with Crippen LogP contribution in [0.3, 0.4) is 0 Å². The van der Waals surface area contributed by atoms with Crippen LogP contribution in [-0.4, -0.2) is 103 Å². The number of carbonyl (C=O) groups is 2. The summed E-state index contributed by atoms with van der Waals surface area (Å²) >= 11 is 0. The first-order valence-corrected chi connectivity index (χ1v) is 20.0. The summed E-state index contributed by atoms with van der Waals surface area (Å²) in [6.45, 7) is 8.33. The predicted octanol–water partition coefficient (Wildman–Crippen LogP) is 2.75. The van der Waals surface area contributed by atoms with Gasteiger partial charge in [-0.05, 0) is 137 Å². The van der Waals surface area contributed by atoms with Crippen molar-refractivity contribution in [3.63, 3.8) is 0 Å². The number of aliphatic hydroxyl groups excluding tert-OH is 4. The number of phenols is 2. The number of piperidine rings is 2. The van der Waals surface area contributed by atoms with Crippen molar-refractivity contribution in [2.45, 2.75) is 88.9 Å². The molecule has 4 unspecified atom stereocenters. The van der Waals surface area contributed by atoms with Crippen LogP contribution in [0.4, 0.5) is 0 Å². The summed E-state index contributed by atoms with van der Waals surface area (Å²) < 4.78 is 0. The highest BCUT2D eigenvalue weighted by atomic mass is 16.4. The molecule has 2 aliphatic rings. The predicted molar refractivity (Wildman–Crippen MR) is 216 cm³/mol. The lowest BCUT2D eigenvalue weighted by Crippen LogP contribution is -2.51. The van der Waals surface area contributed by atoms with E-state index in [1.165, 1.54) is 36.8 Å². The first-order valence-electron chi connectivity index (χ1n) is 20.0. The van der Waals surface area contributed by atoms with Crippen molar-refractivity contribution >= 4 is 11.9 Å². The first kappa shape index (κ1) is 45.9. The fourth-order valence-electron chi connectivity index (χ4n) is 7.58. The summed E-state index contributed by atoms with van der Waals surface area (Å²) in [7, 11) is 0. The molecule has 4 aromatic rings. The topological polar surface area (TPSA) is 208 Å². The SMILES string of the molecule is CC(C(O)c1ccc(O)cc1)N1CCC(Cc2ccccc2)CC1.CC(C(O)c1ccc(O)cc1)N1CCC(Cc2ccccc2)CC1.O=C([O-])[C@H](O)[C@@H](O)C(=O)[O-]. The molecule has 2 saturated heterocycles. The van der Waals surface area contributed by atoms with Crippen LogP contribution in [0, 0.1) is 11.8 Å². The second-order valence-electron chi connectivity index (χ2n) is 15.4. The Labute approximate surface area is 341 Å². The van der Waals surface area contributed by atoms with Gasteiger partial charge in [0.2, 0.25) is 0 Å². The fourth-order valence-corrected chi connectivity index (χ4v) is 7.58. The van der Waals surface area contributed by atoms with E-state index in [1.807, 2.05) is 0 Å².